The number of methoxy groups -OCH3 is 1. The van der Waals surface area contributed by atoms with Gasteiger partial charge in [-0.2, -0.15) is 0 Å². The lowest BCUT2D eigenvalue weighted by atomic mass is 10.0. The van der Waals surface area contributed by atoms with Crippen molar-refractivity contribution in [3.63, 3.8) is 0 Å². The molecule has 0 aromatic carbocycles. The molecule has 1 saturated heterocycles. The molecule has 0 aromatic rings. The van der Waals surface area contributed by atoms with Crippen LogP contribution in [0, 0.1) is 0 Å². The van der Waals surface area contributed by atoms with Crippen LogP contribution in [0.2, 0.25) is 0 Å². The normalized spacial score (nSPS) is 19.0. The first kappa shape index (κ1) is 20.4. The fraction of sp³-hybridized carbons (Fsp3) is 0.947. The van der Waals surface area contributed by atoms with Gasteiger partial charge in [0.05, 0.1) is 12.1 Å². The zero-order valence-electron chi connectivity index (χ0n) is 15.3. The Kier molecular flexibility index (Phi) is 12.3. The Morgan fingerprint density at radius 1 is 1.04 bits per heavy atom. The lowest BCUT2D eigenvalue weighted by Gasteiger charge is -2.23. The summed E-state index contributed by atoms with van der Waals surface area (Å²) in [5, 5.41) is 3.03. The largest absolute Gasteiger partial charge is 0.359 e. The average molecular weight is 328 g/mol. The van der Waals surface area contributed by atoms with Gasteiger partial charge in [-0.1, -0.05) is 71.1 Å². The molecular formula is C19H37NO3. The molecule has 4 heteroatoms. The van der Waals surface area contributed by atoms with Crippen LogP contribution in [0.4, 0.5) is 0 Å². The van der Waals surface area contributed by atoms with Crippen molar-refractivity contribution in [2.75, 3.05) is 13.9 Å². The number of hydrogen-bond donors (Lipinski definition) is 1. The predicted octanol–water partition coefficient (Wildman–Crippen LogP) is 4.57. The van der Waals surface area contributed by atoms with Gasteiger partial charge < -0.3 is 14.8 Å². The number of unbranched alkanes of at least 4 members (excludes halogenated alkanes) is 9. The molecule has 4 nitrogen and oxygen atoms in total. The maximum Gasteiger partial charge on any atom is 0.220 e. The van der Waals surface area contributed by atoms with Gasteiger partial charge in [0.1, 0.15) is 6.79 Å². The van der Waals surface area contributed by atoms with Crippen molar-refractivity contribution in [1.29, 1.82) is 0 Å². The van der Waals surface area contributed by atoms with Crippen molar-refractivity contribution in [3.8, 4) is 0 Å². The van der Waals surface area contributed by atoms with Crippen molar-refractivity contribution in [1.82, 2.24) is 5.32 Å². The summed E-state index contributed by atoms with van der Waals surface area (Å²) >= 11 is 0. The molecule has 1 aliphatic rings. The second-order valence-electron chi connectivity index (χ2n) is 6.79. The molecule has 2 atom stereocenters. The minimum Gasteiger partial charge on any atom is -0.359 e. The van der Waals surface area contributed by atoms with Gasteiger partial charge in [-0.25, -0.2) is 0 Å². The van der Waals surface area contributed by atoms with E-state index in [0.717, 1.165) is 12.8 Å². The van der Waals surface area contributed by atoms with Gasteiger partial charge in [0.2, 0.25) is 5.91 Å². The van der Waals surface area contributed by atoms with Crippen LogP contribution in [-0.2, 0) is 14.3 Å². The highest BCUT2D eigenvalue weighted by Crippen LogP contribution is 2.19. The molecule has 136 valence electrons. The van der Waals surface area contributed by atoms with Gasteiger partial charge in [-0.05, 0) is 12.8 Å². The second kappa shape index (κ2) is 13.8. The van der Waals surface area contributed by atoms with Gasteiger partial charge in [-0.15, -0.1) is 0 Å². The van der Waals surface area contributed by atoms with E-state index in [1.54, 1.807) is 7.11 Å². The lowest BCUT2D eigenvalue weighted by Crippen LogP contribution is -2.38. The molecule has 0 spiro atoms. The third-order valence-electron chi connectivity index (χ3n) is 4.72. The van der Waals surface area contributed by atoms with Crippen molar-refractivity contribution in [3.05, 3.63) is 0 Å². The van der Waals surface area contributed by atoms with Crippen LogP contribution in [0.5, 0.6) is 0 Å². The third kappa shape index (κ3) is 9.98. The van der Waals surface area contributed by atoms with Crippen LogP contribution in [0.15, 0.2) is 0 Å². The molecule has 1 aliphatic heterocycles. The smallest absolute Gasteiger partial charge is 0.220 e. The number of rotatable bonds is 15. The minimum absolute atomic E-state index is 0.107. The summed E-state index contributed by atoms with van der Waals surface area (Å²) in [5.74, 6) is 0.157. The van der Waals surface area contributed by atoms with E-state index in [1.807, 2.05) is 0 Å². The van der Waals surface area contributed by atoms with Crippen molar-refractivity contribution < 1.29 is 14.3 Å². The van der Waals surface area contributed by atoms with Crippen LogP contribution >= 0.6 is 0 Å². The fourth-order valence-corrected chi connectivity index (χ4v) is 3.31. The summed E-state index contributed by atoms with van der Waals surface area (Å²) < 4.78 is 10.8. The fourth-order valence-electron chi connectivity index (χ4n) is 3.31. The van der Waals surface area contributed by atoms with E-state index in [2.05, 4.69) is 12.2 Å². The summed E-state index contributed by atoms with van der Waals surface area (Å²) in [5.41, 5.74) is 0. The van der Waals surface area contributed by atoms with E-state index in [-0.39, 0.29) is 18.1 Å². The standard InChI is InChI=1S/C19H37NO3/c1-3-4-5-6-7-8-9-10-11-12-13-18(23-16-22-2)17-14-15-19(21)20-17/h17-18H,3-16H2,1-2H3,(H,20,21)/t17-,18+/m0/s1. The van der Waals surface area contributed by atoms with Gasteiger partial charge >= 0.3 is 0 Å². The SMILES string of the molecule is CCCCCCCCCCCC[C@@H](OCOC)[C@@H]1CCC(=O)N1. The highest BCUT2D eigenvalue weighted by Gasteiger charge is 2.28. The summed E-state index contributed by atoms with van der Waals surface area (Å²) in [6.07, 6.45) is 16.1. The number of carbonyl (C=O) groups excluding carboxylic acids is 1. The molecule has 0 bridgehead atoms. The molecule has 1 N–H and O–H groups in total. The first-order valence-corrected chi connectivity index (χ1v) is 9.67. The van der Waals surface area contributed by atoms with E-state index >= 15 is 0 Å². The Morgan fingerprint density at radius 3 is 2.17 bits per heavy atom. The van der Waals surface area contributed by atoms with Gasteiger partial charge in [0.15, 0.2) is 0 Å². The summed E-state index contributed by atoms with van der Waals surface area (Å²) in [6, 6.07) is 0.177. The second-order valence-corrected chi connectivity index (χ2v) is 6.79. The van der Waals surface area contributed by atoms with E-state index < -0.39 is 0 Å². The molecule has 0 radical (unpaired) electrons. The van der Waals surface area contributed by atoms with Gasteiger partial charge in [-0.3, -0.25) is 4.79 Å². The van der Waals surface area contributed by atoms with Crippen LogP contribution in [-0.4, -0.2) is 32.0 Å². The highest BCUT2D eigenvalue weighted by atomic mass is 16.7. The van der Waals surface area contributed by atoms with Gasteiger partial charge in [0, 0.05) is 13.5 Å². The summed E-state index contributed by atoms with van der Waals surface area (Å²) in [6.45, 7) is 2.58. The maximum atomic E-state index is 11.4. The topological polar surface area (TPSA) is 47.6 Å². The lowest BCUT2D eigenvalue weighted by molar-refractivity contribution is -0.121. The molecule has 0 aliphatic carbocycles. The first-order valence-electron chi connectivity index (χ1n) is 9.67. The average Bonchev–Trinajstić information content (AvgIpc) is 2.98. The molecule has 1 fully saturated rings. The van der Waals surface area contributed by atoms with Crippen LogP contribution < -0.4 is 5.32 Å². The Labute approximate surface area is 142 Å². The quantitative estimate of drug-likeness (QED) is 0.354. The van der Waals surface area contributed by atoms with Crippen LogP contribution in [0.3, 0.4) is 0 Å². The number of hydrogen-bond acceptors (Lipinski definition) is 3. The molecule has 0 aromatic heterocycles. The van der Waals surface area contributed by atoms with Crippen molar-refractivity contribution in [2.45, 2.75) is 103 Å². The molecule has 23 heavy (non-hydrogen) atoms. The summed E-state index contributed by atoms with van der Waals surface area (Å²) in [4.78, 5) is 11.4. The number of amides is 1. The monoisotopic (exact) mass is 327 g/mol. The highest BCUT2D eigenvalue weighted by molar-refractivity contribution is 5.78. The zero-order valence-corrected chi connectivity index (χ0v) is 15.3. The zero-order chi connectivity index (χ0) is 16.8. The number of ether oxygens (including phenoxy) is 2. The van der Waals surface area contributed by atoms with Crippen LogP contribution in [0.25, 0.3) is 0 Å². The number of nitrogens with one attached hydrogen (secondary N) is 1. The van der Waals surface area contributed by atoms with Crippen molar-refractivity contribution in [2.24, 2.45) is 0 Å². The Hall–Kier alpha value is -0.610. The molecule has 0 saturated carbocycles. The Bertz CT molecular complexity index is 296. The third-order valence-corrected chi connectivity index (χ3v) is 4.72. The predicted molar refractivity (Wildman–Crippen MR) is 94.4 cm³/mol. The van der Waals surface area contributed by atoms with Gasteiger partial charge in [0.25, 0.3) is 0 Å². The summed E-state index contributed by atoms with van der Waals surface area (Å²) in [7, 11) is 1.64. The minimum atomic E-state index is 0.107. The Morgan fingerprint density at radius 2 is 1.65 bits per heavy atom. The first-order chi connectivity index (χ1) is 11.3. The van der Waals surface area contributed by atoms with Crippen molar-refractivity contribution >= 4 is 5.91 Å². The molecule has 1 rings (SSSR count). The van der Waals surface area contributed by atoms with E-state index in [1.165, 1.54) is 64.2 Å². The Balaban J connectivity index is 2.02. The van der Waals surface area contributed by atoms with E-state index in [4.69, 9.17) is 9.47 Å². The van der Waals surface area contributed by atoms with Crippen LogP contribution in [0.1, 0.15) is 90.4 Å². The molecule has 1 amide bonds. The maximum absolute atomic E-state index is 11.4. The molecule has 1 heterocycles. The van der Waals surface area contributed by atoms with E-state index in [9.17, 15) is 4.79 Å². The molecular weight excluding hydrogens is 290 g/mol. The van der Waals surface area contributed by atoms with E-state index in [0.29, 0.717) is 13.2 Å². The number of carbonyl (C=O) groups is 1. The molecule has 0 unspecified atom stereocenters.